The number of carbonyl (C=O) groups is 3. The number of ether oxygens (including phenoxy) is 2. The third kappa shape index (κ3) is 3.58. The Hall–Kier alpha value is -2.37. The summed E-state index contributed by atoms with van der Waals surface area (Å²) in [5.41, 5.74) is 0.925. The number of hydrogen-bond donors (Lipinski definition) is 0. The molecule has 24 heavy (non-hydrogen) atoms. The zero-order valence-corrected chi connectivity index (χ0v) is 14.5. The predicted octanol–water partition coefficient (Wildman–Crippen LogP) is 2.59. The van der Waals surface area contributed by atoms with E-state index >= 15 is 0 Å². The highest BCUT2D eigenvalue weighted by atomic mass is 16.5. The molecule has 0 spiro atoms. The molecule has 130 valence electrons. The van der Waals surface area contributed by atoms with Crippen molar-refractivity contribution in [3.63, 3.8) is 0 Å². The van der Waals surface area contributed by atoms with Crippen molar-refractivity contribution in [2.45, 2.75) is 40.2 Å². The lowest BCUT2D eigenvalue weighted by Gasteiger charge is -2.35. The monoisotopic (exact) mass is 333 g/mol. The van der Waals surface area contributed by atoms with Gasteiger partial charge in [0, 0.05) is 12.0 Å². The minimum absolute atomic E-state index is 0.0349. The summed E-state index contributed by atoms with van der Waals surface area (Å²) in [6.45, 7) is 7.29. The van der Waals surface area contributed by atoms with E-state index in [0.717, 1.165) is 0 Å². The van der Waals surface area contributed by atoms with Crippen LogP contribution < -0.4 is 9.64 Å². The molecule has 0 radical (unpaired) electrons. The van der Waals surface area contributed by atoms with Crippen LogP contribution in [-0.2, 0) is 14.3 Å². The minimum Gasteiger partial charge on any atom is -0.478 e. The Morgan fingerprint density at radius 3 is 2.58 bits per heavy atom. The number of Topliss-reactive ketones (excluding diaryl/α,β-unsaturated/α-hetero) is 1. The number of hydrogen-bond acceptors (Lipinski definition) is 5. The number of benzene rings is 1. The molecule has 1 aromatic rings. The van der Waals surface area contributed by atoms with Gasteiger partial charge in [-0.05, 0) is 31.0 Å². The number of fused-ring (bicyclic) bond motifs is 1. The van der Waals surface area contributed by atoms with E-state index in [0.29, 0.717) is 23.4 Å². The molecule has 1 atom stereocenters. The number of nitrogens with zero attached hydrogens (tertiary/aromatic N) is 1. The maximum absolute atomic E-state index is 12.7. The highest BCUT2D eigenvalue weighted by Crippen LogP contribution is 2.36. The van der Waals surface area contributed by atoms with Crippen molar-refractivity contribution >= 4 is 23.3 Å². The van der Waals surface area contributed by atoms with Crippen LogP contribution in [0.3, 0.4) is 0 Å². The van der Waals surface area contributed by atoms with Crippen molar-refractivity contribution in [2.75, 3.05) is 18.1 Å². The van der Waals surface area contributed by atoms with Crippen LogP contribution in [-0.4, -0.2) is 36.9 Å². The van der Waals surface area contributed by atoms with Gasteiger partial charge in [-0.15, -0.1) is 0 Å². The fraction of sp³-hybridized carbons (Fsp3) is 0.500. The van der Waals surface area contributed by atoms with Gasteiger partial charge in [0.1, 0.15) is 12.3 Å². The molecule has 0 N–H and O–H groups in total. The predicted molar refractivity (Wildman–Crippen MR) is 89.3 cm³/mol. The SMILES string of the molecule is CCOC(=O)CN1C(=O)C(C(C)C)Oc2ccc(C(=O)CC)cc21. The van der Waals surface area contributed by atoms with Crippen LogP contribution in [0.1, 0.15) is 44.5 Å². The fourth-order valence-electron chi connectivity index (χ4n) is 2.59. The number of amides is 1. The Morgan fingerprint density at radius 1 is 1.29 bits per heavy atom. The Bertz CT molecular complexity index is 653. The Kier molecular flexibility index (Phi) is 5.59. The molecule has 1 heterocycles. The van der Waals surface area contributed by atoms with Gasteiger partial charge in [0.2, 0.25) is 0 Å². The largest absolute Gasteiger partial charge is 0.478 e. The molecule has 0 saturated carbocycles. The van der Waals surface area contributed by atoms with Crippen LogP contribution in [0, 0.1) is 5.92 Å². The van der Waals surface area contributed by atoms with Crippen molar-refractivity contribution in [1.82, 2.24) is 0 Å². The molecule has 1 aliphatic heterocycles. The zero-order valence-electron chi connectivity index (χ0n) is 14.5. The van der Waals surface area contributed by atoms with E-state index in [-0.39, 0.29) is 30.8 Å². The second-order valence-corrected chi connectivity index (χ2v) is 5.97. The molecule has 0 aromatic heterocycles. The average Bonchev–Trinajstić information content (AvgIpc) is 2.56. The molecule has 2 rings (SSSR count). The third-order valence-electron chi connectivity index (χ3n) is 3.85. The first kappa shape index (κ1) is 18.0. The van der Waals surface area contributed by atoms with Crippen molar-refractivity contribution in [3.05, 3.63) is 23.8 Å². The second-order valence-electron chi connectivity index (χ2n) is 5.97. The van der Waals surface area contributed by atoms with Crippen LogP contribution >= 0.6 is 0 Å². The number of ketones is 1. The molecule has 1 aromatic carbocycles. The summed E-state index contributed by atoms with van der Waals surface area (Å²) in [5, 5.41) is 0. The van der Waals surface area contributed by atoms with Crippen LogP contribution in [0.25, 0.3) is 0 Å². The number of anilines is 1. The lowest BCUT2D eigenvalue weighted by molar-refractivity contribution is -0.143. The molecule has 0 bridgehead atoms. The maximum Gasteiger partial charge on any atom is 0.326 e. The molecule has 1 aliphatic rings. The van der Waals surface area contributed by atoms with Gasteiger partial charge in [-0.3, -0.25) is 19.3 Å². The molecule has 1 amide bonds. The third-order valence-corrected chi connectivity index (χ3v) is 3.85. The Labute approximate surface area is 141 Å². The van der Waals surface area contributed by atoms with E-state index in [1.807, 2.05) is 13.8 Å². The summed E-state index contributed by atoms with van der Waals surface area (Å²) in [5.74, 6) is -0.384. The Balaban J connectivity index is 2.44. The molecule has 0 aliphatic carbocycles. The number of carbonyl (C=O) groups excluding carboxylic acids is 3. The molecule has 0 fully saturated rings. The van der Waals surface area contributed by atoms with Gasteiger partial charge in [-0.25, -0.2) is 0 Å². The van der Waals surface area contributed by atoms with Gasteiger partial charge in [0.05, 0.1) is 12.3 Å². The van der Waals surface area contributed by atoms with Gasteiger partial charge in [0.15, 0.2) is 11.9 Å². The van der Waals surface area contributed by atoms with Crippen molar-refractivity contribution in [1.29, 1.82) is 0 Å². The first-order valence-corrected chi connectivity index (χ1v) is 8.19. The van der Waals surface area contributed by atoms with E-state index in [2.05, 4.69) is 0 Å². The van der Waals surface area contributed by atoms with Gasteiger partial charge < -0.3 is 9.47 Å². The first-order valence-electron chi connectivity index (χ1n) is 8.19. The smallest absolute Gasteiger partial charge is 0.326 e. The standard InChI is InChI=1S/C18H23NO5/c1-5-14(20)12-7-8-15-13(9-12)19(10-16(21)23-6-2)18(22)17(24-15)11(3)4/h7-9,11,17H,5-6,10H2,1-4H3. The van der Waals surface area contributed by atoms with E-state index in [4.69, 9.17) is 9.47 Å². The van der Waals surface area contributed by atoms with E-state index < -0.39 is 12.1 Å². The van der Waals surface area contributed by atoms with Crippen LogP contribution in [0.5, 0.6) is 5.75 Å². The quantitative estimate of drug-likeness (QED) is 0.591. The molecular formula is C18H23NO5. The normalized spacial score (nSPS) is 16.6. The van der Waals surface area contributed by atoms with Gasteiger partial charge in [-0.1, -0.05) is 20.8 Å². The highest BCUT2D eigenvalue weighted by molar-refractivity contribution is 6.05. The Morgan fingerprint density at radius 2 is 2.00 bits per heavy atom. The molecule has 1 unspecified atom stereocenters. The summed E-state index contributed by atoms with van der Waals surface area (Å²) in [4.78, 5) is 37.9. The van der Waals surface area contributed by atoms with Gasteiger partial charge >= 0.3 is 5.97 Å². The minimum atomic E-state index is -0.667. The molecular weight excluding hydrogens is 310 g/mol. The first-order chi connectivity index (χ1) is 11.4. The summed E-state index contributed by atoms with van der Waals surface area (Å²) >= 11 is 0. The fourth-order valence-corrected chi connectivity index (χ4v) is 2.59. The maximum atomic E-state index is 12.7. The number of rotatable bonds is 6. The lowest BCUT2D eigenvalue weighted by Crippen LogP contribution is -2.50. The zero-order chi connectivity index (χ0) is 17.9. The molecule has 0 saturated heterocycles. The summed E-state index contributed by atoms with van der Waals surface area (Å²) < 4.78 is 10.8. The highest BCUT2D eigenvalue weighted by Gasteiger charge is 2.37. The van der Waals surface area contributed by atoms with Crippen molar-refractivity contribution in [2.24, 2.45) is 5.92 Å². The summed E-state index contributed by atoms with van der Waals surface area (Å²) in [7, 11) is 0. The molecule has 6 nitrogen and oxygen atoms in total. The average molecular weight is 333 g/mol. The van der Waals surface area contributed by atoms with Crippen LogP contribution in [0.2, 0.25) is 0 Å². The van der Waals surface area contributed by atoms with Gasteiger partial charge in [-0.2, -0.15) is 0 Å². The van der Waals surface area contributed by atoms with Crippen molar-refractivity contribution in [3.8, 4) is 5.75 Å². The van der Waals surface area contributed by atoms with Crippen molar-refractivity contribution < 1.29 is 23.9 Å². The van der Waals surface area contributed by atoms with E-state index in [9.17, 15) is 14.4 Å². The lowest BCUT2D eigenvalue weighted by atomic mass is 10.0. The molecule has 6 heteroatoms. The topological polar surface area (TPSA) is 72.9 Å². The van der Waals surface area contributed by atoms with Crippen LogP contribution in [0.4, 0.5) is 5.69 Å². The summed E-state index contributed by atoms with van der Waals surface area (Å²) in [6, 6.07) is 4.97. The van der Waals surface area contributed by atoms with E-state index in [1.54, 1.807) is 32.0 Å². The number of esters is 1. The second kappa shape index (κ2) is 7.47. The van der Waals surface area contributed by atoms with Crippen LogP contribution in [0.15, 0.2) is 18.2 Å². The van der Waals surface area contributed by atoms with E-state index in [1.165, 1.54) is 4.90 Å². The van der Waals surface area contributed by atoms with Gasteiger partial charge in [0.25, 0.3) is 5.91 Å². The summed E-state index contributed by atoms with van der Waals surface area (Å²) in [6.07, 6.45) is -0.306.